The molecule has 0 aromatic carbocycles. The SMILES string of the molecule is COC1OC(CO)C(OC)C(O)C1NCC[N+](C)(C)C. The average Bonchev–Trinajstić information content (AvgIpc) is 2.38. The van der Waals surface area contributed by atoms with Crippen molar-refractivity contribution in [2.45, 2.75) is 30.6 Å². The van der Waals surface area contributed by atoms with Gasteiger partial charge in [-0.15, -0.1) is 0 Å². The first kappa shape index (κ1) is 17.8. The number of likely N-dealkylation sites (N-methyl/N-ethyl adjacent to an activating group) is 1. The Morgan fingerprint density at radius 3 is 2.30 bits per heavy atom. The lowest BCUT2D eigenvalue weighted by molar-refractivity contribution is -0.869. The molecule has 0 radical (unpaired) electrons. The van der Waals surface area contributed by atoms with E-state index < -0.39 is 24.6 Å². The molecule has 1 fully saturated rings. The molecule has 1 aliphatic rings. The van der Waals surface area contributed by atoms with Gasteiger partial charge >= 0.3 is 0 Å². The van der Waals surface area contributed by atoms with Gasteiger partial charge in [0.2, 0.25) is 0 Å². The number of aliphatic hydroxyl groups is 2. The van der Waals surface area contributed by atoms with Gasteiger partial charge in [-0.05, 0) is 0 Å². The maximum Gasteiger partial charge on any atom is 0.175 e. The summed E-state index contributed by atoms with van der Waals surface area (Å²) in [5.41, 5.74) is 0. The summed E-state index contributed by atoms with van der Waals surface area (Å²) in [5.74, 6) is 0. The Hall–Kier alpha value is -0.280. The van der Waals surface area contributed by atoms with Crippen molar-refractivity contribution in [1.29, 1.82) is 0 Å². The number of methoxy groups -OCH3 is 2. The van der Waals surface area contributed by atoms with Crippen LogP contribution in [0.1, 0.15) is 0 Å². The van der Waals surface area contributed by atoms with E-state index in [-0.39, 0.29) is 12.6 Å². The Bertz CT molecular complexity index is 284. The van der Waals surface area contributed by atoms with Crippen molar-refractivity contribution in [2.75, 3.05) is 55.1 Å². The number of hydrogen-bond donors (Lipinski definition) is 3. The Morgan fingerprint density at radius 1 is 1.20 bits per heavy atom. The van der Waals surface area contributed by atoms with E-state index in [0.29, 0.717) is 6.54 Å². The topological polar surface area (TPSA) is 80.2 Å². The summed E-state index contributed by atoms with van der Waals surface area (Å²) in [6.07, 6.45) is -2.58. The van der Waals surface area contributed by atoms with Crippen molar-refractivity contribution in [3.8, 4) is 0 Å². The zero-order valence-corrected chi connectivity index (χ0v) is 13.1. The Labute approximate surface area is 121 Å². The van der Waals surface area contributed by atoms with Gasteiger partial charge in [0.1, 0.15) is 18.3 Å². The molecule has 5 unspecified atom stereocenters. The van der Waals surface area contributed by atoms with Crippen LogP contribution >= 0.6 is 0 Å². The average molecular weight is 293 g/mol. The van der Waals surface area contributed by atoms with Gasteiger partial charge in [-0.1, -0.05) is 0 Å². The van der Waals surface area contributed by atoms with Crippen molar-refractivity contribution in [1.82, 2.24) is 5.32 Å². The number of hydrogen-bond acceptors (Lipinski definition) is 6. The summed E-state index contributed by atoms with van der Waals surface area (Å²) >= 11 is 0. The molecule has 0 amide bonds. The summed E-state index contributed by atoms with van der Waals surface area (Å²) in [6.45, 7) is 1.40. The van der Waals surface area contributed by atoms with E-state index in [1.54, 1.807) is 0 Å². The highest BCUT2D eigenvalue weighted by Crippen LogP contribution is 2.23. The third-order valence-electron chi connectivity index (χ3n) is 3.52. The number of aliphatic hydroxyl groups excluding tert-OH is 2. The molecule has 1 aliphatic heterocycles. The predicted octanol–water partition coefficient (Wildman–Crippen LogP) is -1.61. The van der Waals surface area contributed by atoms with Gasteiger partial charge < -0.3 is 34.2 Å². The van der Waals surface area contributed by atoms with Crippen LogP contribution in [-0.4, -0.2) is 100 Å². The molecule has 0 spiro atoms. The predicted molar refractivity (Wildman–Crippen MR) is 74.2 cm³/mol. The van der Waals surface area contributed by atoms with Gasteiger partial charge in [-0.25, -0.2) is 0 Å². The van der Waals surface area contributed by atoms with Gasteiger partial charge in [0, 0.05) is 20.8 Å². The first-order valence-electron chi connectivity index (χ1n) is 6.88. The zero-order valence-electron chi connectivity index (χ0n) is 13.1. The van der Waals surface area contributed by atoms with Crippen molar-refractivity contribution >= 4 is 0 Å². The normalized spacial score (nSPS) is 35.2. The van der Waals surface area contributed by atoms with Gasteiger partial charge in [-0.3, -0.25) is 0 Å². The van der Waals surface area contributed by atoms with Crippen LogP contribution in [0.4, 0.5) is 0 Å². The van der Waals surface area contributed by atoms with Crippen molar-refractivity contribution < 1.29 is 28.9 Å². The van der Waals surface area contributed by atoms with Gasteiger partial charge in [-0.2, -0.15) is 0 Å². The molecule has 1 saturated heterocycles. The van der Waals surface area contributed by atoms with Crippen LogP contribution in [0.2, 0.25) is 0 Å². The van der Waals surface area contributed by atoms with Crippen molar-refractivity contribution in [2.24, 2.45) is 0 Å². The molecule has 3 N–H and O–H groups in total. The molecule has 7 heteroatoms. The molecule has 120 valence electrons. The van der Waals surface area contributed by atoms with Crippen LogP contribution in [0.15, 0.2) is 0 Å². The van der Waals surface area contributed by atoms with E-state index in [1.807, 2.05) is 0 Å². The third-order valence-corrected chi connectivity index (χ3v) is 3.52. The number of rotatable bonds is 7. The Kier molecular flexibility index (Phi) is 6.80. The van der Waals surface area contributed by atoms with Crippen molar-refractivity contribution in [3.05, 3.63) is 0 Å². The quantitative estimate of drug-likeness (QED) is 0.490. The Morgan fingerprint density at radius 2 is 1.85 bits per heavy atom. The molecule has 0 aliphatic carbocycles. The lowest BCUT2D eigenvalue weighted by Gasteiger charge is -2.43. The molecule has 1 heterocycles. The van der Waals surface area contributed by atoms with E-state index in [2.05, 4.69) is 26.5 Å². The summed E-state index contributed by atoms with van der Waals surface area (Å²) in [7, 11) is 9.32. The number of nitrogens with one attached hydrogen (secondary N) is 1. The minimum absolute atomic E-state index is 0.221. The fourth-order valence-electron chi connectivity index (χ4n) is 2.34. The highest BCUT2D eigenvalue weighted by atomic mass is 16.7. The summed E-state index contributed by atoms with van der Waals surface area (Å²) < 4.78 is 17.0. The fourth-order valence-corrected chi connectivity index (χ4v) is 2.34. The summed E-state index contributed by atoms with van der Waals surface area (Å²) in [4.78, 5) is 0. The Balaban J connectivity index is 2.66. The maximum absolute atomic E-state index is 10.4. The van der Waals surface area contributed by atoms with E-state index in [9.17, 15) is 10.2 Å². The molecule has 5 atom stereocenters. The molecular formula is C13H29N2O5+. The molecule has 0 bridgehead atoms. The largest absolute Gasteiger partial charge is 0.394 e. The number of ether oxygens (including phenoxy) is 3. The van der Waals surface area contributed by atoms with Crippen molar-refractivity contribution in [3.63, 3.8) is 0 Å². The molecule has 0 saturated carbocycles. The smallest absolute Gasteiger partial charge is 0.175 e. The van der Waals surface area contributed by atoms with Gasteiger partial charge in [0.15, 0.2) is 6.29 Å². The van der Waals surface area contributed by atoms with Crippen LogP contribution in [0.25, 0.3) is 0 Å². The second-order valence-electron chi connectivity index (χ2n) is 6.15. The minimum Gasteiger partial charge on any atom is -0.394 e. The van der Waals surface area contributed by atoms with E-state index in [1.165, 1.54) is 14.2 Å². The van der Waals surface area contributed by atoms with E-state index in [4.69, 9.17) is 14.2 Å². The molecule has 7 nitrogen and oxygen atoms in total. The fraction of sp³-hybridized carbons (Fsp3) is 1.00. The lowest BCUT2D eigenvalue weighted by Crippen LogP contribution is -2.64. The van der Waals surface area contributed by atoms with E-state index >= 15 is 0 Å². The molecule has 0 aromatic rings. The van der Waals surface area contributed by atoms with Crippen LogP contribution in [0.5, 0.6) is 0 Å². The monoisotopic (exact) mass is 293 g/mol. The second kappa shape index (κ2) is 7.65. The molecular weight excluding hydrogens is 264 g/mol. The summed E-state index contributed by atoms with van der Waals surface area (Å²) in [6, 6.07) is -0.390. The number of nitrogens with zero attached hydrogens (tertiary/aromatic N) is 1. The third kappa shape index (κ3) is 4.63. The van der Waals surface area contributed by atoms with Crippen LogP contribution in [0.3, 0.4) is 0 Å². The van der Waals surface area contributed by atoms with Crippen LogP contribution in [0, 0.1) is 0 Å². The second-order valence-corrected chi connectivity index (χ2v) is 6.15. The minimum atomic E-state index is -0.802. The number of quaternary nitrogens is 1. The van der Waals surface area contributed by atoms with E-state index in [0.717, 1.165) is 11.0 Å². The highest BCUT2D eigenvalue weighted by molar-refractivity contribution is 4.94. The molecule has 0 aromatic heterocycles. The lowest BCUT2D eigenvalue weighted by atomic mass is 9.96. The zero-order chi connectivity index (χ0) is 15.3. The first-order valence-corrected chi connectivity index (χ1v) is 6.88. The first-order chi connectivity index (χ1) is 9.34. The highest BCUT2D eigenvalue weighted by Gasteiger charge is 2.45. The van der Waals surface area contributed by atoms with Gasteiger partial charge in [0.05, 0.1) is 40.3 Å². The summed E-state index contributed by atoms with van der Waals surface area (Å²) in [5, 5.41) is 23.0. The van der Waals surface area contributed by atoms with Gasteiger partial charge in [0.25, 0.3) is 0 Å². The maximum atomic E-state index is 10.4. The molecule has 1 rings (SSSR count). The van der Waals surface area contributed by atoms with Crippen LogP contribution < -0.4 is 5.32 Å². The van der Waals surface area contributed by atoms with Crippen LogP contribution in [-0.2, 0) is 14.2 Å². The standard InChI is InChI=1S/C13H29N2O5/c1-15(2,3)7-6-14-10-11(17)12(18-4)9(8-16)20-13(10)19-5/h9-14,16-17H,6-8H2,1-5H3/q+1. The molecule has 20 heavy (non-hydrogen) atoms.